The Morgan fingerprint density at radius 2 is 1.88 bits per heavy atom. The average Bonchev–Trinajstić information content (AvgIpc) is 3.13. The van der Waals surface area contributed by atoms with Crippen molar-refractivity contribution in [2.45, 2.75) is 45.4 Å². The standard InChI is InChI=1S/C21H27NO2/c1-17-4-6-18(7-5-17)8-9-19-12-14-22(15-13-19)21(23)11-10-20-3-2-16-24-20/h2-7,16,19H,8-15H2,1H3. The lowest BCUT2D eigenvalue weighted by Crippen LogP contribution is -2.38. The van der Waals surface area contributed by atoms with Gasteiger partial charge in [-0.3, -0.25) is 4.79 Å². The molecule has 1 aromatic carbocycles. The number of carbonyl (C=O) groups is 1. The molecule has 1 aromatic heterocycles. The van der Waals surface area contributed by atoms with Crippen molar-refractivity contribution in [3.05, 3.63) is 59.5 Å². The van der Waals surface area contributed by atoms with Gasteiger partial charge in [0, 0.05) is 25.9 Å². The van der Waals surface area contributed by atoms with Gasteiger partial charge in [0.25, 0.3) is 0 Å². The molecule has 0 bridgehead atoms. The summed E-state index contributed by atoms with van der Waals surface area (Å²) in [5.74, 6) is 1.92. The molecule has 0 N–H and O–H groups in total. The fourth-order valence-electron chi connectivity index (χ4n) is 3.44. The van der Waals surface area contributed by atoms with Crippen molar-refractivity contribution in [1.82, 2.24) is 4.90 Å². The van der Waals surface area contributed by atoms with Crippen LogP contribution in [0.15, 0.2) is 47.1 Å². The van der Waals surface area contributed by atoms with E-state index in [1.54, 1.807) is 6.26 Å². The normalized spacial score (nSPS) is 15.6. The van der Waals surface area contributed by atoms with E-state index in [9.17, 15) is 4.79 Å². The molecule has 1 fully saturated rings. The second-order valence-electron chi connectivity index (χ2n) is 6.93. The van der Waals surface area contributed by atoms with Crippen LogP contribution >= 0.6 is 0 Å². The number of carbonyl (C=O) groups excluding carboxylic acids is 1. The second kappa shape index (κ2) is 8.18. The molecule has 24 heavy (non-hydrogen) atoms. The third-order valence-electron chi connectivity index (χ3n) is 5.09. The summed E-state index contributed by atoms with van der Waals surface area (Å²) >= 11 is 0. The molecule has 128 valence electrons. The Bertz CT molecular complexity index is 622. The van der Waals surface area contributed by atoms with E-state index >= 15 is 0 Å². The molecule has 2 heterocycles. The number of likely N-dealkylation sites (tertiary alicyclic amines) is 1. The molecule has 3 nitrogen and oxygen atoms in total. The van der Waals surface area contributed by atoms with Crippen LogP contribution in [0.5, 0.6) is 0 Å². The summed E-state index contributed by atoms with van der Waals surface area (Å²) in [6.07, 6.45) is 7.59. The zero-order valence-corrected chi connectivity index (χ0v) is 14.5. The van der Waals surface area contributed by atoms with E-state index in [2.05, 4.69) is 31.2 Å². The largest absolute Gasteiger partial charge is 0.469 e. The first-order chi connectivity index (χ1) is 11.7. The van der Waals surface area contributed by atoms with Crippen molar-refractivity contribution in [2.24, 2.45) is 5.92 Å². The van der Waals surface area contributed by atoms with Crippen molar-refractivity contribution >= 4 is 5.91 Å². The van der Waals surface area contributed by atoms with Gasteiger partial charge in [-0.2, -0.15) is 0 Å². The van der Waals surface area contributed by atoms with Gasteiger partial charge in [0.1, 0.15) is 5.76 Å². The zero-order chi connectivity index (χ0) is 16.8. The van der Waals surface area contributed by atoms with Crippen molar-refractivity contribution in [3.63, 3.8) is 0 Å². The average molecular weight is 325 g/mol. The number of rotatable bonds is 6. The summed E-state index contributed by atoms with van der Waals surface area (Å²) < 4.78 is 5.30. The van der Waals surface area contributed by atoms with Crippen LogP contribution in [0.3, 0.4) is 0 Å². The van der Waals surface area contributed by atoms with E-state index in [-0.39, 0.29) is 5.91 Å². The summed E-state index contributed by atoms with van der Waals surface area (Å²) in [6.45, 7) is 3.95. The molecule has 0 unspecified atom stereocenters. The molecule has 0 saturated carbocycles. The van der Waals surface area contributed by atoms with Crippen LogP contribution in [0, 0.1) is 12.8 Å². The maximum absolute atomic E-state index is 12.3. The molecule has 0 aliphatic carbocycles. The Kier molecular flexibility index (Phi) is 5.73. The van der Waals surface area contributed by atoms with E-state index in [4.69, 9.17) is 4.42 Å². The molecule has 3 heteroatoms. The highest BCUT2D eigenvalue weighted by Gasteiger charge is 2.22. The summed E-state index contributed by atoms with van der Waals surface area (Å²) in [5.41, 5.74) is 2.75. The minimum absolute atomic E-state index is 0.267. The Balaban J connectivity index is 1.37. The maximum Gasteiger partial charge on any atom is 0.223 e. The van der Waals surface area contributed by atoms with Crippen LogP contribution < -0.4 is 0 Å². The van der Waals surface area contributed by atoms with Gasteiger partial charge in [-0.05, 0) is 56.2 Å². The molecular weight excluding hydrogens is 298 g/mol. The second-order valence-corrected chi connectivity index (χ2v) is 6.93. The minimum atomic E-state index is 0.267. The van der Waals surface area contributed by atoms with Crippen LogP contribution in [-0.2, 0) is 17.6 Å². The number of piperidine rings is 1. The molecular formula is C21H27NO2. The fourth-order valence-corrected chi connectivity index (χ4v) is 3.44. The summed E-state index contributed by atoms with van der Waals surface area (Å²) in [6, 6.07) is 12.7. The van der Waals surface area contributed by atoms with Crippen molar-refractivity contribution < 1.29 is 9.21 Å². The number of furan rings is 1. The summed E-state index contributed by atoms with van der Waals surface area (Å²) in [7, 11) is 0. The molecule has 2 aromatic rings. The Morgan fingerprint density at radius 1 is 1.12 bits per heavy atom. The number of nitrogens with zero attached hydrogens (tertiary/aromatic N) is 1. The molecule has 1 saturated heterocycles. The lowest BCUT2D eigenvalue weighted by molar-refractivity contribution is -0.132. The van der Waals surface area contributed by atoms with E-state index in [1.807, 2.05) is 17.0 Å². The molecule has 1 aliphatic rings. The van der Waals surface area contributed by atoms with Crippen molar-refractivity contribution in [3.8, 4) is 0 Å². The van der Waals surface area contributed by atoms with Gasteiger partial charge >= 0.3 is 0 Å². The monoisotopic (exact) mass is 325 g/mol. The Morgan fingerprint density at radius 3 is 2.54 bits per heavy atom. The van der Waals surface area contributed by atoms with Crippen LogP contribution in [0.1, 0.15) is 42.6 Å². The lowest BCUT2D eigenvalue weighted by Gasteiger charge is -2.32. The van der Waals surface area contributed by atoms with Crippen LogP contribution in [0.25, 0.3) is 0 Å². The number of aryl methyl sites for hydroxylation is 3. The van der Waals surface area contributed by atoms with Gasteiger partial charge in [-0.25, -0.2) is 0 Å². The lowest BCUT2D eigenvalue weighted by atomic mass is 9.90. The number of hydrogen-bond donors (Lipinski definition) is 0. The Hall–Kier alpha value is -2.03. The van der Waals surface area contributed by atoms with E-state index in [1.165, 1.54) is 17.5 Å². The smallest absolute Gasteiger partial charge is 0.223 e. The fraction of sp³-hybridized carbons (Fsp3) is 0.476. The predicted molar refractivity (Wildman–Crippen MR) is 95.8 cm³/mol. The molecule has 1 aliphatic heterocycles. The van der Waals surface area contributed by atoms with Crippen molar-refractivity contribution in [1.29, 1.82) is 0 Å². The first kappa shape index (κ1) is 16.8. The van der Waals surface area contributed by atoms with Gasteiger partial charge in [0.05, 0.1) is 6.26 Å². The topological polar surface area (TPSA) is 33.5 Å². The molecule has 1 amide bonds. The highest BCUT2D eigenvalue weighted by Crippen LogP contribution is 2.23. The van der Waals surface area contributed by atoms with Gasteiger partial charge in [0.15, 0.2) is 0 Å². The SMILES string of the molecule is Cc1ccc(CCC2CCN(C(=O)CCc3ccco3)CC2)cc1. The van der Waals surface area contributed by atoms with Gasteiger partial charge in [0.2, 0.25) is 5.91 Å². The maximum atomic E-state index is 12.3. The van der Waals surface area contributed by atoms with E-state index in [0.717, 1.165) is 44.0 Å². The van der Waals surface area contributed by atoms with Gasteiger partial charge in [-0.1, -0.05) is 29.8 Å². The van der Waals surface area contributed by atoms with Crippen molar-refractivity contribution in [2.75, 3.05) is 13.1 Å². The minimum Gasteiger partial charge on any atom is -0.469 e. The first-order valence-electron chi connectivity index (χ1n) is 9.06. The van der Waals surface area contributed by atoms with E-state index < -0.39 is 0 Å². The van der Waals surface area contributed by atoms with Crippen LogP contribution in [0.4, 0.5) is 0 Å². The van der Waals surface area contributed by atoms with Gasteiger partial charge < -0.3 is 9.32 Å². The third kappa shape index (κ3) is 4.73. The molecule has 3 rings (SSSR count). The summed E-state index contributed by atoms with van der Waals surface area (Å²) in [5, 5.41) is 0. The number of amides is 1. The highest BCUT2D eigenvalue weighted by molar-refractivity contribution is 5.76. The quantitative estimate of drug-likeness (QED) is 0.789. The molecule has 0 spiro atoms. The van der Waals surface area contributed by atoms with E-state index in [0.29, 0.717) is 12.8 Å². The predicted octanol–water partition coefficient (Wildman–Crippen LogP) is 4.39. The van der Waals surface area contributed by atoms with Gasteiger partial charge in [-0.15, -0.1) is 0 Å². The Labute approximate surface area is 144 Å². The first-order valence-corrected chi connectivity index (χ1v) is 9.06. The highest BCUT2D eigenvalue weighted by atomic mass is 16.3. The number of benzene rings is 1. The molecule has 0 radical (unpaired) electrons. The molecule has 0 atom stereocenters. The summed E-state index contributed by atoms with van der Waals surface area (Å²) in [4.78, 5) is 14.3. The third-order valence-corrected chi connectivity index (χ3v) is 5.09. The van der Waals surface area contributed by atoms with Crippen LogP contribution in [-0.4, -0.2) is 23.9 Å². The number of hydrogen-bond acceptors (Lipinski definition) is 2. The van der Waals surface area contributed by atoms with Crippen LogP contribution in [0.2, 0.25) is 0 Å². The zero-order valence-electron chi connectivity index (χ0n) is 14.5.